The molecule has 0 bridgehead atoms. The molecule has 0 aromatic heterocycles. The summed E-state index contributed by atoms with van der Waals surface area (Å²) >= 11 is -4.78. The molecule has 1 heterocycles. The third-order valence-electron chi connectivity index (χ3n) is 2.34. The molecule has 19 heavy (non-hydrogen) atoms. The molecule has 0 spiro atoms. The first-order chi connectivity index (χ1) is 8.90. The van der Waals surface area contributed by atoms with Crippen LogP contribution in [0.3, 0.4) is 0 Å². The molecule has 2 unspecified atom stereocenters. The number of nitrogens with zero attached hydrogens (tertiary/aromatic N) is 5. The van der Waals surface area contributed by atoms with Crippen LogP contribution in [0, 0.1) is 51.1 Å². The van der Waals surface area contributed by atoms with Crippen molar-refractivity contribution >= 4 is 0 Å². The van der Waals surface area contributed by atoms with Crippen LogP contribution in [0.1, 0.15) is 13.8 Å². The van der Waals surface area contributed by atoms with E-state index in [0.717, 1.165) is 13.1 Å². The molecule has 1 fully saturated rings. The van der Waals surface area contributed by atoms with Crippen molar-refractivity contribution in [2.45, 2.75) is 25.9 Å². The summed E-state index contributed by atoms with van der Waals surface area (Å²) in [4.78, 5) is 6.12. The SMILES string of the molecule is CC1CNC(C)CN1.N#[C][Fe]([C]#N)([C]#N)([C]#N)[C]#N. The van der Waals surface area contributed by atoms with E-state index in [4.69, 9.17) is 26.3 Å². The number of nitrogens with one attached hydrogen (secondary N) is 2. The van der Waals surface area contributed by atoms with Crippen LogP contribution in [0.4, 0.5) is 0 Å². The van der Waals surface area contributed by atoms with Crippen molar-refractivity contribution in [3.05, 3.63) is 0 Å². The van der Waals surface area contributed by atoms with Crippen molar-refractivity contribution in [3.63, 3.8) is 0 Å². The van der Waals surface area contributed by atoms with Crippen molar-refractivity contribution in [2.24, 2.45) is 0 Å². The molecule has 1 aliphatic heterocycles. The number of nitriles is 5. The quantitative estimate of drug-likeness (QED) is 0.601. The van der Waals surface area contributed by atoms with Gasteiger partial charge in [-0.05, 0) is 13.8 Å². The predicted molar refractivity (Wildman–Crippen MR) is 63.0 cm³/mol. The first-order valence-electron chi connectivity index (χ1n) is 5.26. The third-order valence-corrected chi connectivity index (χ3v) is 4.80. The second kappa shape index (κ2) is 6.72. The summed E-state index contributed by atoms with van der Waals surface area (Å²) in [6.07, 6.45) is 0. The van der Waals surface area contributed by atoms with Gasteiger partial charge in [0, 0.05) is 25.2 Å². The van der Waals surface area contributed by atoms with E-state index in [-0.39, 0.29) is 0 Å². The van der Waals surface area contributed by atoms with E-state index in [9.17, 15) is 0 Å². The van der Waals surface area contributed by atoms with Crippen LogP contribution in [-0.2, 0) is 11.8 Å². The summed E-state index contributed by atoms with van der Waals surface area (Å²) in [6.45, 7) is 6.61. The Kier molecular flexibility index (Phi) is 5.98. The molecule has 7 nitrogen and oxygen atoms in total. The molecule has 0 saturated carbocycles. The topological polar surface area (TPSA) is 143 Å². The maximum atomic E-state index is 8.35. The minimum absolute atomic E-state index is 0.659. The molecular weight excluding hydrogens is 286 g/mol. The summed E-state index contributed by atoms with van der Waals surface area (Å²) in [6, 6.07) is 1.32. The second-order valence-electron chi connectivity index (χ2n) is 3.90. The molecule has 1 saturated heterocycles. The van der Waals surface area contributed by atoms with Crippen molar-refractivity contribution in [3.8, 4) is 24.8 Å². The van der Waals surface area contributed by atoms with Gasteiger partial charge in [-0.15, -0.1) is 0 Å². The van der Waals surface area contributed by atoms with Crippen LogP contribution in [0.25, 0.3) is 0 Å². The first-order valence-corrected chi connectivity index (χ1v) is 8.02. The molecule has 0 aromatic rings. The van der Waals surface area contributed by atoms with Gasteiger partial charge in [0.1, 0.15) is 0 Å². The van der Waals surface area contributed by atoms with E-state index in [2.05, 4.69) is 24.5 Å². The van der Waals surface area contributed by atoms with E-state index >= 15 is 0 Å². The van der Waals surface area contributed by atoms with Crippen LogP contribution >= 0.6 is 0 Å². The fraction of sp³-hybridized carbons (Fsp3) is 0.545. The molecule has 0 aliphatic carbocycles. The second-order valence-corrected chi connectivity index (χ2v) is 7.89. The molecule has 101 valence electrons. The zero-order chi connectivity index (χ0) is 15.0. The van der Waals surface area contributed by atoms with Gasteiger partial charge in [0.25, 0.3) is 0 Å². The number of hydrogen-bond acceptors (Lipinski definition) is 7. The zero-order valence-electron chi connectivity index (χ0n) is 10.7. The van der Waals surface area contributed by atoms with Crippen LogP contribution < -0.4 is 10.6 Å². The summed E-state index contributed by atoms with van der Waals surface area (Å²) in [5, 5.41) is 48.5. The van der Waals surface area contributed by atoms with Gasteiger partial charge in [0.2, 0.25) is 0 Å². The van der Waals surface area contributed by atoms with Gasteiger partial charge >= 0.3 is 62.9 Å². The normalized spacial score (nSPS) is 23.3. The van der Waals surface area contributed by atoms with Gasteiger partial charge in [-0.3, -0.25) is 0 Å². The van der Waals surface area contributed by atoms with Crippen molar-refractivity contribution < 1.29 is 11.8 Å². The Morgan fingerprint density at radius 1 is 0.737 bits per heavy atom. The van der Waals surface area contributed by atoms with E-state index in [1.54, 1.807) is 0 Å². The molecule has 1 rings (SSSR count). The van der Waals surface area contributed by atoms with Crippen LogP contribution in [0.2, 0.25) is 0 Å². The van der Waals surface area contributed by atoms with E-state index in [1.165, 1.54) is 24.8 Å². The first kappa shape index (κ1) is 16.9. The number of rotatable bonds is 0. The molecule has 0 radical (unpaired) electrons. The fourth-order valence-corrected chi connectivity index (χ4v) is 1.63. The van der Waals surface area contributed by atoms with Crippen LogP contribution in [-0.4, -0.2) is 25.2 Å². The van der Waals surface area contributed by atoms with Gasteiger partial charge in [0.05, 0.1) is 0 Å². The molecular formula is C11H14FeN7. The van der Waals surface area contributed by atoms with E-state index in [0.29, 0.717) is 12.1 Å². The molecule has 0 aromatic carbocycles. The standard InChI is InChI=1S/C6H14N2.5CN.Fe/c1-5-3-8-6(2)4-7-5;5*1-2;/h5-8H,3-4H2,1-2H3;;;;;;. The predicted octanol–water partition coefficient (Wildman–Crippen LogP) is 0.0376. The monoisotopic (exact) mass is 300 g/mol. The van der Waals surface area contributed by atoms with Crippen LogP contribution in [0.5, 0.6) is 0 Å². The molecule has 2 atom stereocenters. The average Bonchev–Trinajstić information content (AvgIpc) is 2.47. The van der Waals surface area contributed by atoms with Gasteiger partial charge < -0.3 is 10.6 Å². The minimum atomic E-state index is -4.78. The Balaban J connectivity index is 0.000000356. The molecule has 0 amide bonds. The van der Waals surface area contributed by atoms with Gasteiger partial charge in [-0.25, -0.2) is 0 Å². The Morgan fingerprint density at radius 2 is 1.00 bits per heavy atom. The maximum absolute atomic E-state index is 8.35. The Morgan fingerprint density at radius 3 is 1.11 bits per heavy atom. The van der Waals surface area contributed by atoms with Crippen molar-refractivity contribution in [1.82, 2.24) is 10.6 Å². The van der Waals surface area contributed by atoms with Gasteiger partial charge in [0.15, 0.2) is 0 Å². The van der Waals surface area contributed by atoms with E-state index in [1.807, 2.05) is 0 Å². The molecule has 8 heteroatoms. The molecule has 1 aliphatic rings. The third kappa shape index (κ3) is 3.94. The summed E-state index contributed by atoms with van der Waals surface area (Å²) in [5.74, 6) is 0. The van der Waals surface area contributed by atoms with Crippen molar-refractivity contribution in [1.29, 1.82) is 26.3 Å². The molecule has 2 N–H and O–H groups in total. The summed E-state index contributed by atoms with van der Waals surface area (Å²) in [7, 11) is 0. The summed E-state index contributed by atoms with van der Waals surface area (Å²) in [5.41, 5.74) is 0. The zero-order valence-corrected chi connectivity index (χ0v) is 11.8. The van der Waals surface area contributed by atoms with Gasteiger partial charge in [-0.1, -0.05) is 0 Å². The van der Waals surface area contributed by atoms with Crippen molar-refractivity contribution in [2.75, 3.05) is 13.1 Å². The summed E-state index contributed by atoms with van der Waals surface area (Å²) < 4.78 is 0. The number of piperazine rings is 1. The fourth-order valence-electron chi connectivity index (χ4n) is 1.08. The van der Waals surface area contributed by atoms with E-state index < -0.39 is 11.8 Å². The van der Waals surface area contributed by atoms with Crippen LogP contribution in [0.15, 0.2) is 0 Å². The Labute approximate surface area is 113 Å². The Bertz CT molecular complexity index is 419. The average molecular weight is 300 g/mol. The van der Waals surface area contributed by atoms with Gasteiger partial charge in [-0.2, -0.15) is 0 Å². The Hall–Kier alpha value is -2.11. The number of hydrogen-bond donors (Lipinski definition) is 2.